The zero-order valence-corrected chi connectivity index (χ0v) is 31.0. The van der Waals surface area contributed by atoms with Gasteiger partial charge in [-0.3, -0.25) is 0 Å². The first-order valence-electron chi connectivity index (χ1n) is 19.5. The largest absolute Gasteiger partial charge is 0.482 e. The van der Waals surface area contributed by atoms with Crippen LogP contribution in [-0.4, -0.2) is 18.7 Å². The van der Waals surface area contributed by atoms with Crippen LogP contribution in [0.15, 0.2) is 39.1 Å². The highest BCUT2D eigenvalue weighted by atomic mass is 16.6. The van der Waals surface area contributed by atoms with Crippen LogP contribution in [0.4, 0.5) is 0 Å². The molecule has 0 N–H and O–H groups in total. The summed E-state index contributed by atoms with van der Waals surface area (Å²) in [6.07, 6.45) is 19.3. The quantitative estimate of drug-likeness (QED) is 0.137. The van der Waals surface area contributed by atoms with E-state index in [1.165, 1.54) is 63.4 Å². The molecule has 0 aliphatic heterocycles. The van der Waals surface area contributed by atoms with Crippen molar-refractivity contribution < 1.29 is 18.7 Å². The van der Waals surface area contributed by atoms with E-state index < -0.39 is 0 Å². The Morgan fingerprint density at radius 1 is 1.04 bits per heavy atom. The predicted molar refractivity (Wildman–Crippen MR) is 194 cm³/mol. The van der Waals surface area contributed by atoms with Crippen molar-refractivity contribution in [3.63, 3.8) is 0 Å². The highest BCUT2D eigenvalue weighted by molar-refractivity contribution is 5.82. The first kappa shape index (κ1) is 35.3. The van der Waals surface area contributed by atoms with E-state index in [9.17, 15) is 9.59 Å². The zero-order valence-electron chi connectivity index (χ0n) is 31.0. The standard InChI is InChI=1S/C43H62O5/c1-8-10-35-29(5)34-17-15-32(24-39(34)48-41(35)45)46-26-40(44)47-33-19-22-43(7)31(23-33)14-16-36-37-18-13-30(28(4)12-9-11-27(2)3)25-42(37,6)21-20-38(36)43/h14-15,17,24,27-28,30,33,36-38H,8-13,16,18-23,25-26H2,1-7H3/t28-,30+,33-,36+,37-,38+,42-,43+/m1/s1. The van der Waals surface area contributed by atoms with Gasteiger partial charge in [0.05, 0.1) is 0 Å². The van der Waals surface area contributed by atoms with E-state index in [1.807, 2.05) is 19.1 Å². The molecule has 3 fully saturated rings. The highest BCUT2D eigenvalue weighted by Crippen LogP contribution is 2.65. The van der Waals surface area contributed by atoms with Gasteiger partial charge in [-0.25, -0.2) is 9.59 Å². The van der Waals surface area contributed by atoms with Crippen LogP contribution < -0.4 is 10.4 Å². The molecule has 4 aliphatic rings. The van der Waals surface area contributed by atoms with Crippen LogP contribution in [-0.2, 0) is 16.0 Å². The minimum atomic E-state index is -0.336. The number of hydrogen-bond donors (Lipinski definition) is 0. The normalized spacial score (nSPS) is 32.2. The van der Waals surface area contributed by atoms with Gasteiger partial charge in [0.15, 0.2) is 6.61 Å². The lowest BCUT2D eigenvalue weighted by Gasteiger charge is -2.61. The molecule has 5 nitrogen and oxygen atoms in total. The van der Waals surface area contributed by atoms with Crippen LogP contribution in [0.5, 0.6) is 5.75 Å². The number of allylic oxidation sites excluding steroid dienone is 1. The summed E-state index contributed by atoms with van der Waals surface area (Å²) in [5, 5.41) is 0.901. The van der Waals surface area contributed by atoms with Crippen molar-refractivity contribution in [2.24, 2.45) is 46.3 Å². The average Bonchev–Trinajstić information content (AvgIpc) is 3.04. The lowest BCUT2D eigenvalue weighted by molar-refractivity contribution is -0.154. The molecule has 0 bridgehead atoms. The molecule has 1 aromatic heterocycles. The zero-order chi connectivity index (χ0) is 34.2. The van der Waals surface area contributed by atoms with Crippen LogP contribution in [0.2, 0.25) is 0 Å². The summed E-state index contributed by atoms with van der Waals surface area (Å²) < 4.78 is 17.4. The fourth-order valence-electron chi connectivity index (χ4n) is 11.0. The molecule has 0 amide bonds. The van der Waals surface area contributed by atoms with E-state index in [1.54, 1.807) is 6.07 Å². The lowest BCUT2D eigenvalue weighted by Crippen LogP contribution is -2.52. The minimum absolute atomic E-state index is 0.0901. The van der Waals surface area contributed by atoms with Gasteiger partial charge in [0.1, 0.15) is 17.4 Å². The van der Waals surface area contributed by atoms with Crippen molar-refractivity contribution in [1.29, 1.82) is 0 Å². The summed E-state index contributed by atoms with van der Waals surface area (Å²) in [6.45, 7) is 16.3. The van der Waals surface area contributed by atoms with Crippen LogP contribution in [0, 0.1) is 53.3 Å². The average molecular weight is 659 g/mol. The molecule has 48 heavy (non-hydrogen) atoms. The van der Waals surface area contributed by atoms with Gasteiger partial charge in [-0.1, -0.05) is 78.9 Å². The molecular weight excluding hydrogens is 596 g/mol. The Kier molecular flexibility index (Phi) is 10.5. The second-order valence-corrected chi connectivity index (χ2v) is 17.3. The third-order valence-corrected chi connectivity index (χ3v) is 13.8. The van der Waals surface area contributed by atoms with Gasteiger partial charge in [-0.2, -0.15) is 0 Å². The molecule has 0 unspecified atom stereocenters. The van der Waals surface area contributed by atoms with Crippen molar-refractivity contribution in [3.8, 4) is 5.75 Å². The molecule has 8 atom stereocenters. The van der Waals surface area contributed by atoms with Crippen LogP contribution >= 0.6 is 0 Å². The Hall–Kier alpha value is -2.56. The van der Waals surface area contributed by atoms with Crippen molar-refractivity contribution in [1.82, 2.24) is 0 Å². The molecule has 2 aromatic rings. The number of carbonyl (C=O) groups excluding carboxylic acids is 1. The monoisotopic (exact) mass is 658 g/mol. The Balaban J connectivity index is 1.03. The van der Waals surface area contributed by atoms with Crippen molar-refractivity contribution >= 4 is 16.9 Å². The van der Waals surface area contributed by atoms with Gasteiger partial charge in [0.25, 0.3) is 0 Å². The SMILES string of the molecule is CCCc1c(C)c2ccc(OCC(=O)O[C@@H]3CC[C@@]4(C)C(=CC[C@H]5[C@H]6CC[C@H]([C@H](C)CCCC(C)C)C[C@@]6(C)CC[C@@H]54)C3)cc2oc1=O. The minimum Gasteiger partial charge on any atom is -0.482 e. The van der Waals surface area contributed by atoms with E-state index in [0.717, 1.165) is 77.7 Å². The van der Waals surface area contributed by atoms with E-state index in [-0.39, 0.29) is 29.7 Å². The molecule has 1 heterocycles. The second-order valence-electron chi connectivity index (χ2n) is 17.3. The summed E-state index contributed by atoms with van der Waals surface area (Å²) in [5.41, 5.74) is 4.14. The lowest BCUT2D eigenvalue weighted by atomic mass is 9.44. The van der Waals surface area contributed by atoms with Crippen molar-refractivity contribution in [2.75, 3.05) is 6.61 Å². The van der Waals surface area contributed by atoms with Crippen molar-refractivity contribution in [3.05, 3.63) is 51.4 Å². The van der Waals surface area contributed by atoms with Gasteiger partial charge in [-0.15, -0.1) is 0 Å². The van der Waals surface area contributed by atoms with E-state index in [0.29, 0.717) is 23.2 Å². The number of carbonyl (C=O) groups is 1. The van der Waals surface area contributed by atoms with Crippen LogP contribution in [0.25, 0.3) is 11.0 Å². The molecule has 6 rings (SSSR count). The molecule has 264 valence electrons. The molecular formula is C43H62O5. The molecule has 4 aliphatic carbocycles. The Bertz CT molecular complexity index is 1550. The van der Waals surface area contributed by atoms with E-state index in [4.69, 9.17) is 13.9 Å². The van der Waals surface area contributed by atoms with E-state index >= 15 is 0 Å². The number of hydrogen-bond acceptors (Lipinski definition) is 5. The topological polar surface area (TPSA) is 65.7 Å². The molecule has 0 spiro atoms. The second kappa shape index (κ2) is 14.4. The van der Waals surface area contributed by atoms with Crippen LogP contribution in [0.1, 0.15) is 136 Å². The Morgan fingerprint density at radius 3 is 2.62 bits per heavy atom. The van der Waals surface area contributed by atoms with E-state index in [2.05, 4.69) is 47.6 Å². The summed E-state index contributed by atoms with van der Waals surface area (Å²) in [7, 11) is 0. The molecule has 3 saturated carbocycles. The van der Waals surface area contributed by atoms with Crippen molar-refractivity contribution in [2.45, 2.75) is 144 Å². The Morgan fingerprint density at radius 2 is 1.85 bits per heavy atom. The summed E-state index contributed by atoms with van der Waals surface area (Å²) in [4.78, 5) is 25.5. The molecule has 1 aromatic carbocycles. The number of rotatable bonds is 11. The Labute approximate surface area is 289 Å². The number of ether oxygens (including phenoxy) is 2. The highest BCUT2D eigenvalue weighted by Gasteiger charge is 2.56. The van der Waals surface area contributed by atoms with Gasteiger partial charge in [0, 0.05) is 23.4 Å². The number of aryl methyl sites for hydroxylation is 1. The maximum Gasteiger partial charge on any atom is 0.344 e. The predicted octanol–water partition coefficient (Wildman–Crippen LogP) is 10.8. The maximum absolute atomic E-state index is 13.0. The molecule has 5 heteroatoms. The van der Waals surface area contributed by atoms with Gasteiger partial charge < -0.3 is 13.9 Å². The van der Waals surface area contributed by atoms with Gasteiger partial charge in [0.2, 0.25) is 0 Å². The summed E-state index contributed by atoms with van der Waals surface area (Å²) >= 11 is 0. The smallest absolute Gasteiger partial charge is 0.344 e. The van der Waals surface area contributed by atoms with Gasteiger partial charge in [-0.05, 0) is 129 Å². The summed E-state index contributed by atoms with van der Waals surface area (Å²) in [5.74, 6) is 5.15. The number of benzene rings is 1. The fourth-order valence-corrected chi connectivity index (χ4v) is 11.0. The molecule has 0 saturated heterocycles. The summed E-state index contributed by atoms with van der Waals surface area (Å²) in [6, 6.07) is 5.45. The number of fused-ring (bicyclic) bond motifs is 6. The first-order chi connectivity index (χ1) is 22.9. The molecule has 0 radical (unpaired) electrons. The van der Waals surface area contributed by atoms with Gasteiger partial charge >= 0.3 is 11.6 Å². The van der Waals surface area contributed by atoms with Crippen LogP contribution in [0.3, 0.4) is 0 Å². The maximum atomic E-state index is 13.0. The fraction of sp³-hybridized carbons (Fsp3) is 0.721. The third kappa shape index (κ3) is 7.04. The third-order valence-electron chi connectivity index (χ3n) is 13.8. The number of esters is 1. The first-order valence-corrected chi connectivity index (χ1v) is 19.5.